The van der Waals surface area contributed by atoms with E-state index in [0.717, 1.165) is 10.0 Å². The molecule has 0 bridgehead atoms. The number of H-pyrrole nitrogens is 1. The lowest BCUT2D eigenvalue weighted by Crippen LogP contribution is -2.13. The van der Waals surface area contributed by atoms with Crippen molar-refractivity contribution in [2.24, 2.45) is 0 Å². The van der Waals surface area contributed by atoms with Crippen molar-refractivity contribution < 1.29 is 4.79 Å². The molecule has 0 radical (unpaired) electrons. The number of carbonyl (C=O) groups is 1. The van der Waals surface area contributed by atoms with E-state index < -0.39 is 0 Å². The van der Waals surface area contributed by atoms with E-state index in [0.29, 0.717) is 12.1 Å². The Morgan fingerprint density at radius 2 is 2.12 bits per heavy atom. The van der Waals surface area contributed by atoms with Crippen LogP contribution in [-0.4, -0.2) is 16.1 Å². The third kappa shape index (κ3) is 2.93. The van der Waals surface area contributed by atoms with Crippen molar-refractivity contribution in [1.82, 2.24) is 10.2 Å². The van der Waals surface area contributed by atoms with Crippen molar-refractivity contribution in [3.63, 3.8) is 0 Å². The average Bonchev–Trinajstić information content (AvgIpc) is 2.74. The van der Waals surface area contributed by atoms with Crippen LogP contribution in [0.2, 0.25) is 0 Å². The van der Waals surface area contributed by atoms with E-state index in [1.54, 1.807) is 12.4 Å². The lowest BCUT2D eigenvalue weighted by molar-refractivity contribution is -0.115. The third-order valence-corrected chi connectivity index (χ3v) is 2.59. The summed E-state index contributed by atoms with van der Waals surface area (Å²) < 4.78 is 1.01. The highest BCUT2D eigenvalue weighted by atomic mass is 79.9. The number of benzene rings is 1. The molecule has 1 amide bonds. The fourth-order valence-corrected chi connectivity index (χ4v) is 1.58. The third-order valence-electron chi connectivity index (χ3n) is 2.06. The number of aromatic amines is 1. The van der Waals surface area contributed by atoms with Crippen molar-refractivity contribution >= 4 is 27.5 Å². The number of nitrogens with one attached hydrogen (secondary N) is 2. The smallest absolute Gasteiger partial charge is 0.228 e. The van der Waals surface area contributed by atoms with Gasteiger partial charge in [0.2, 0.25) is 5.91 Å². The standard InChI is InChI=1S/C11H10BrN3O/c12-9-3-1-8(2-4-9)5-11(16)15-10-6-13-14-7-10/h1-4,6-7H,5H2,(H,13,14)(H,15,16). The maximum atomic E-state index is 11.6. The molecule has 5 heteroatoms. The van der Waals surface area contributed by atoms with Gasteiger partial charge in [-0.05, 0) is 17.7 Å². The second-order valence-electron chi connectivity index (χ2n) is 3.34. The molecular weight excluding hydrogens is 270 g/mol. The van der Waals surface area contributed by atoms with E-state index in [-0.39, 0.29) is 5.91 Å². The van der Waals surface area contributed by atoms with Crippen LogP contribution in [0.15, 0.2) is 41.1 Å². The van der Waals surface area contributed by atoms with Crippen LogP contribution in [0, 0.1) is 0 Å². The van der Waals surface area contributed by atoms with Gasteiger partial charge in [-0.2, -0.15) is 5.10 Å². The number of carbonyl (C=O) groups excluding carboxylic acids is 1. The highest BCUT2D eigenvalue weighted by Gasteiger charge is 2.04. The van der Waals surface area contributed by atoms with E-state index >= 15 is 0 Å². The Bertz CT molecular complexity index is 464. The topological polar surface area (TPSA) is 57.8 Å². The number of nitrogens with zero attached hydrogens (tertiary/aromatic N) is 1. The Hall–Kier alpha value is -1.62. The second kappa shape index (κ2) is 4.94. The Labute approximate surface area is 101 Å². The summed E-state index contributed by atoms with van der Waals surface area (Å²) in [5.41, 5.74) is 1.66. The van der Waals surface area contributed by atoms with Crippen molar-refractivity contribution in [2.75, 3.05) is 5.32 Å². The van der Waals surface area contributed by atoms with Gasteiger partial charge in [0, 0.05) is 10.7 Å². The van der Waals surface area contributed by atoms with E-state index in [1.165, 1.54) is 0 Å². The normalized spacial score (nSPS) is 10.1. The van der Waals surface area contributed by atoms with Crippen LogP contribution < -0.4 is 5.32 Å². The van der Waals surface area contributed by atoms with Gasteiger partial charge in [-0.1, -0.05) is 28.1 Å². The molecule has 1 aromatic heterocycles. The molecule has 0 saturated heterocycles. The van der Waals surface area contributed by atoms with E-state index in [4.69, 9.17) is 0 Å². The molecule has 16 heavy (non-hydrogen) atoms. The van der Waals surface area contributed by atoms with Crippen LogP contribution in [0.3, 0.4) is 0 Å². The van der Waals surface area contributed by atoms with Crippen LogP contribution in [0.25, 0.3) is 0 Å². The van der Waals surface area contributed by atoms with Gasteiger partial charge < -0.3 is 5.32 Å². The summed E-state index contributed by atoms with van der Waals surface area (Å²) in [7, 11) is 0. The minimum absolute atomic E-state index is 0.0521. The van der Waals surface area contributed by atoms with E-state index in [2.05, 4.69) is 31.4 Å². The van der Waals surface area contributed by atoms with Crippen molar-refractivity contribution in [3.05, 3.63) is 46.7 Å². The molecule has 82 valence electrons. The maximum absolute atomic E-state index is 11.6. The predicted octanol–water partition coefficient (Wildman–Crippen LogP) is 2.35. The molecule has 2 aromatic rings. The highest BCUT2D eigenvalue weighted by molar-refractivity contribution is 9.10. The van der Waals surface area contributed by atoms with E-state index in [1.807, 2.05) is 24.3 Å². The number of hydrogen-bond donors (Lipinski definition) is 2. The van der Waals surface area contributed by atoms with Gasteiger partial charge in [-0.3, -0.25) is 9.89 Å². The van der Waals surface area contributed by atoms with Gasteiger partial charge in [0.1, 0.15) is 0 Å². The Kier molecular flexibility index (Phi) is 3.36. The van der Waals surface area contributed by atoms with Gasteiger partial charge in [0.05, 0.1) is 18.3 Å². The van der Waals surface area contributed by atoms with E-state index in [9.17, 15) is 4.79 Å². The molecule has 0 saturated carbocycles. The molecule has 0 aliphatic heterocycles. The average molecular weight is 280 g/mol. The predicted molar refractivity (Wildman–Crippen MR) is 65.1 cm³/mol. The summed E-state index contributed by atoms with van der Waals surface area (Å²) in [5.74, 6) is -0.0521. The van der Waals surface area contributed by atoms with Crippen molar-refractivity contribution in [2.45, 2.75) is 6.42 Å². The molecule has 0 aliphatic carbocycles. The molecule has 0 fully saturated rings. The van der Waals surface area contributed by atoms with Gasteiger partial charge in [-0.25, -0.2) is 0 Å². The Balaban J connectivity index is 1.95. The molecular formula is C11H10BrN3O. The summed E-state index contributed by atoms with van der Waals surface area (Å²) in [6.07, 6.45) is 3.57. The highest BCUT2D eigenvalue weighted by Crippen LogP contribution is 2.11. The van der Waals surface area contributed by atoms with Gasteiger partial charge >= 0.3 is 0 Å². The van der Waals surface area contributed by atoms with Crippen LogP contribution in [0.1, 0.15) is 5.56 Å². The first kappa shape index (κ1) is 10.9. The van der Waals surface area contributed by atoms with Crippen LogP contribution in [0.5, 0.6) is 0 Å². The SMILES string of the molecule is O=C(Cc1ccc(Br)cc1)Nc1cn[nH]c1. The van der Waals surface area contributed by atoms with Crippen molar-refractivity contribution in [3.8, 4) is 0 Å². The van der Waals surface area contributed by atoms with Crippen LogP contribution in [0.4, 0.5) is 5.69 Å². The monoisotopic (exact) mass is 279 g/mol. The minimum Gasteiger partial charge on any atom is -0.323 e. The van der Waals surface area contributed by atoms with Crippen LogP contribution in [-0.2, 0) is 11.2 Å². The van der Waals surface area contributed by atoms with Crippen LogP contribution >= 0.6 is 15.9 Å². The summed E-state index contributed by atoms with van der Waals surface area (Å²) in [6.45, 7) is 0. The zero-order chi connectivity index (χ0) is 11.4. The number of amides is 1. The first-order valence-electron chi connectivity index (χ1n) is 4.77. The number of hydrogen-bond acceptors (Lipinski definition) is 2. The lowest BCUT2D eigenvalue weighted by atomic mass is 10.1. The first-order valence-corrected chi connectivity index (χ1v) is 5.56. The van der Waals surface area contributed by atoms with Gasteiger partial charge in [0.15, 0.2) is 0 Å². The zero-order valence-electron chi connectivity index (χ0n) is 8.40. The molecule has 2 N–H and O–H groups in total. The molecule has 0 unspecified atom stereocenters. The molecule has 0 aliphatic rings. The lowest BCUT2D eigenvalue weighted by Gasteiger charge is -2.02. The zero-order valence-corrected chi connectivity index (χ0v) is 9.99. The van der Waals surface area contributed by atoms with Gasteiger partial charge in [0.25, 0.3) is 0 Å². The number of anilines is 1. The molecule has 2 rings (SSSR count). The second-order valence-corrected chi connectivity index (χ2v) is 4.25. The molecule has 1 heterocycles. The minimum atomic E-state index is -0.0521. The summed E-state index contributed by atoms with van der Waals surface area (Å²) in [6, 6.07) is 7.67. The first-order chi connectivity index (χ1) is 7.74. The summed E-state index contributed by atoms with van der Waals surface area (Å²) in [5, 5.41) is 9.12. The molecule has 0 atom stereocenters. The number of rotatable bonds is 3. The number of halogens is 1. The molecule has 0 spiro atoms. The summed E-state index contributed by atoms with van der Waals surface area (Å²) >= 11 is 3.35. The largest absolute Gasteiger partial charge is 0.323 e. The molecule has 1 aromatic carbocycles. The van der Waals surface area contributed by atoms with Crippen molar-refractivity contribution in [1.29, 1.82) is 0 Å². The maximum Gasteiger partial charge on any atom is 0.228 e. The summed E-state index contributed by atoms with van der Waals surface area (Å²) in [4.78, 5) is 11.6. The quantitative estimate of drug-likeness (QED) is 0.906. The molecule has 4 nitrogen and oxygen atoms in total. The number of aromatic nitrogens is 2. The fraction of sp³-hybridized carbons (Fsp3) is 0.0909. The Morgan fingerprint density at radius 3 is 2.75 bits per heavy atom. The van der Waals surface area contributed by atoms with Gasteiger partial charge in [-0.15, -0.1) is 0 Å². The Morgan fingerprint density at radius 1 is 1.38 bits per heavy atom. The fourth-order valence-electron chi connectivity index (χ4n) is 1.31.